The van der Waals surface area contributed by atoms with Crippen molar-refractivity contribution >= 4 is 23.7 Å². The van der Waals surface area contributed by atoms with Crippen LogP contribution in [0.1, 0.15) is 78.1 Å². The van der Waals surface area contributed by atoms with E-state index in [0.29, 0.717) is 0 Å². The molecule has 3 aliphatic rings. The summed E-state index contributed by atoms with van der Waals surface area (Å²) in [6, 6.07) is 7.81. The lowest BCUT2D eigenvalue weighted by molar-refractivity contribution is -0.278. The number of rotatable bonds is 5. The van der Waals surface area contributed by atoms with Crippen molar-refractivity contribution < 1.29 is 53.1 Å². The second-order valence-electron chi connectivity index (χ2n) is 12.8. The van der Waals surface area contributed by atoms with Gasteiger partial charge in [-0.15, -0.1) is 0 Å². The first-order valence-corrected chi connectivity index (χ1v) is 14.5. The molecule has 2 bridgehead atoms. The summed E-state index contributed by atoms with van der Waals surface area (Å²) in [4.78, 5) is 53.5. The van der Waals surface area contributed by atoms with Gasteiger partial charge in [0.1, 0.15) is 23.5 Å². The number of alkyl halides is 1. The molecular formula is C32H41FO10. The van der Waals surface area contributed by atoms with Crippen LogP contribution in [0, 0.1) is 16.7 Å². The highest BCUT2D eigenvalue weighted by Gasteiger charge is 2.75. The van der Waals surface area contributed by atoms with E-state index in [1.165, 1.54) is 26.0 Å². The SMILES string of the molecule is CC[C@@]1(OC(C)=O)C2[C@H](OC(=O)c3ccccc3)[C@]3(O)C[C@H](O)C(C)=C([C@@H](OC(C)=O)C(=O)[C@]2(C)C(F)C[C@H]1O)C3(C)C. The zero-order chi connectivity index (χ0) is 32.3. The number of esters is 3. The number of ether oxygens (including phenoxy) is 3. The molecule has 0 aliphatic heterocycles. The average molecular weight is 605 g/mol. The van der Waals surface area contributed by atoms with Crippen LogP contribution in [0.3, 0.4) is 0 Å². The van der Waals surface area contributed by atoms with Gasteiger partial charge < -0.3 is 29.5 Å². The van der Waals surface area contributed by atoms with Gasteiger partial charge in [-0.3, -0.25) is 14.4 Å². The standard InChI is InChI=1S/C32H41FO10/c1-8-31(43-18(4)35)22(37)14-21(33)30(7)25(31)27(42-28(39)19-12-10-9-11-13-19)32(40)15-20(36)16(2)23(29(32,5)6)24(26(30)38)41-17(3)34/h9-13,20-22,24-25,27,36-37,40H,8,14-15H2,1-7H3/t20-,21?,22+,24+,25?,27-,30+,31-,32+/m0/s1. The molecule has 3 aliphatic carbocycles. The number of carbonyl (C=O) groups is 4. The highest BCUT2D eigenvalue weighted by Crippen LogP contribution is 2.63. The van der Waals surface area contributed by atoms with Crippen molar-refractivity contribution in [1.29, 1.82) is 0 Å². The number of carbonyl (C=O) groups excluding carboxylic acids is 4. The van der Waals surface area contributed by atoms with Crippen molar-refractivity contribution in [3.63, 3.8) is 0 Å². The summed E-state index contributed by atoms with van der Waals surface area (Å²) in [6.45, 7) is 9.63. The quantitative estimate of drug-likeness (QED) is 0.259. The van der Waals surface area contributed by atoms with Gasteiger partial charge in [0.25, 0.3) is 0 Å². The first-order valence-electron chi connectivity index (χ1n) is 14.5. The molecule has 2 fully saturated rings. The van der Waals surface area contributed by atoms with Crippen molar-refractivity contribution in [3.05, 3.63) is 47.0 Å². The molecule has 0 saturated heterocycles. The van der Waals surface area contributed by atoms with E-state index in [-0.39, 0.29) is 23.1 Å². The molecule has 43 heavy (non-hydrogen) atoms. The Kier molecular flexibility index (Phi) is 8.45. The number of hydrogen-bond donors (Lipinski definition) is 3. The van der Waals surface area contributed by atoms with Crippen LogP contribution in [0.25, 0.3) is 0 Å². The van der Waals surface area contributed by atoms with Gasteiger partial charge in [-0.2, -0.15) is 0 Å². The molecule has 0 amide bonds. The maximum Gasteiger partial charge on any atom is 0.338 e. The lowest BCUT2D eigenvalue weighted by Crippen LogP contribution is -2.77. The van der Waals surface area contributed by atoms with Gasteiger partial charge in [-0.1, -0.05) is 39.0 Å². The second-order valence-corrected chi connectivity index (χ2v) is 12.8. The van der Waals surface area contributed by atoms with E-state index in [2.05, 4.69) is 0 Å². The molecule has 1 aromatic rings. The fourth-order valence-corrected chi connectivity index (χ4v) is 7.86. The van der Waals surface area contributed by atoms with Gasteiger partial charge in [0.05, 0.1) is 29.1 Å². The third kappa shape index (κ3) is 4.80. The van der Waals surface area contributed by atoms with E-state index in [1.54, 1.807) is 39.0 Å². The fraction of sp³-hybridized carbons (Fsp3) is 0.625. The molecule has 0 heterocycles. The molecule has 4 rings (SSSR count). The number of benzene rings is 1. The molecule has 236 valence electrons. The van der Waals surface area contributed by atoms with Crippen LogP contribution in [-0.4, -0.2) is 80.8 Å². The smallest absolute Gasteiger partial charge is 0.338 e. The van der Waals surface area contributed by atoms with Crippen molar-refractivity contribution in [2.24, 2.45) is 16.7 Å². The Morgan fingerprint density at radius 1 is 1.02 bits per heavy atom. The normalized spacial score (nSPS) is 38.7. The molecule has 10 nitrogen and oxygen atoms in total. The number of aliphatic hydroxyl groups excluding tert-OH is 2. The van der Waals surface area contributed by atoms with Crippen LogP contribution < -0.4 is 0 Å². The van der Waals surface area contributed by atoms with Gasteiger partial charge in [0, 0.05) is 32.1 Å². The summed E-state index contributed by atoms with van der Waals surface area (Å²) in [5, 5.41) is 35.6. The lowest BCUT2D eigenvalue weighted by atomic mass is 9.45. The van der Waals surface area contributed by atoms with E-state index in [1.807, 2.05) is 0 Å². The van der Waals surface area contributed by atoms with Crippen LogP contribution >= 0.6 is 0 Å². The lowest BCUT2D eigenvalue weighted by Gasteiger charge is -2.64. The van der Waals surface area contributed by atoms with E-state index in [0.717, 1.165) is 13.8 Å². The Labute approximate surface area is 250 Å². The Balaban J connectivity index is 2.15. The van der Waals surface area contributed by atoms with E-state index in [4.69, 9.17) is 14.2 Å². The first kappa shape index (κ1) is 32.8. The minimum atomic E-state index is -2.26. The summed E-state index contributed by atoms with van der Waals surface area (Å²) in [5.41, 5.74) is -7.67. The van der Waals surface area contributed by atoms with Crippen LogP contribution in [0.4, 0.5) is 4.39 Å². The molecule has 0 aromatic heterocycles. The monoisotopic (exact) mass is 604 g/mol. The topological polar surface area (TPSA) is 157 Å². The minimum Gasteiger partial charge on any atom is -0.456 e. The third-order valence-corrected chi connectivity index (χ3v) is 10.2. The second kappa shape index (κ2) is 11.1. The molecule has 2 unspecified atom stereocenters. The molecule has 1 aromatic carbocycles. The number of Topliss-reactive ketones (excluding diaryl/α,β-unsaturated/α-hetero) is 1. The Hall–Kier alpha value is -3.15. The van der Waals surface area contributed by atoms with Gasteiger partial charge in [-0.25, -0.2) is 9.18 Å². The van der Waals surface area contributed by atoms with E-state index < -0.39 is 95.1 Å². The van der Waals surface area contributed by atoms with Crippen LogP contribution in [0.5, 0.6) is 0 Å². The Bertz CT molecular complexity index is 1340. The Morgan fingerprint density at radius 2 is 1.63 bits per heavy atom. The Morgan fingerprint density at radius 3 is 2.16 bits per heavy atom. The maximum atomic E-state index is 16.6. The summed E-state index contributed by atoms with van der Waals surface area (Å²) < 4.78 is 34.1. The predicted molar refractivity (Wildman–Crippen MR) is 150 cm³/mol. The van der Waals surface area contributed by atoms with Crippen LogP contribution in [0.15, 0.2) is 41.5 Å². The van der Waals surface area contributed by atoms with Crippen molar-refractivity contribution in [2.45, 2.75) is 110 Å². The van der Waals surface area contributed by atoms with Crippen LogP contribution in [-0.2, 0) is 28.6 Å². The van der Waals surface area contributed by atoms with Crippen molar-refractivity contribution in [1.82, 2.24) is 0 Å². The van der Waals surface area contributed by atoms with Gasteiger partial charge in [0.15, 0.2) is 11.9 Å². The maximum absolute atomic E-state index is 16.6. The third-order valence-electron chi connectivity index (χ3n) is 10.2. The molecule has 9 atom stereocenters. The zero-order valence-electron chi connectivity index (χ0n) is 25.5. The molecule has 3 N–H and O–H groups in total. The zero-order valence-corrected chi connectivity index (χ0v) is 25.5. The first-order chi connectivity index (χ1) is 19.9. The molecule has 0 spiro atoms. The fourth-order valence-electron chi connectivity index (χ4n) is 7.86. The minimum absolute atomic E-state index is 0.0577. The summed E-state index contributed by atoms with van der Waals surface area (Å²) in [5.74, 6) is -5.27. The average Bonchev–Trinajstić information content (AvgIpc) is 2.92. The van der Waals surface area contributed by atoms with Crippen molar-refractivity contribution in [2.75, 3.05) is 0 Å². The highest BCUT2D eigenvalue weighted by atomic mass is 19.1. The molecule has 11 heteroatoms. The molecule has 0 radical (unpaired) electrons. The van der Waals surface area contributed by atoms with E-state index in [9.17, 15) is 34.5 Å². The summed E-state index contributed by atoms with van der Waals surface area (Å²) >= 11 is 0. The summed E-state index contributed by atoms with van der Waals surface area (Å²) in [7, 11) is 0. The largest absolute Gasteiger partial charge is 0.456 e. The number of aliphatic hydroxyl groups is 3. The predicted octanol–water partition coefficient (Wildman–Crippen LogP) is 3.00. The van der Waals surface area contributed by atoms with Gasteiger partial charge in [-0.05, 0) is 43.5 Å². The number of hydrogen-bond acceptors (Lipinski definition) is 10. The number of fused-ring (bicyclic) bond motifs is 3. The number of ketones is 1. The van der Waals surface area contributed by atoms with Crippen LogP contribution in [0.2, 0.25) is 0 Å². The van der Waals surface area contributed by atoms with Crippen molar-refractivity contribution in [3.8, 4) is 0 Å². The van der Waals surface area contributed by atoms with Gasteiger partial charge >= 0.3 is 17.9 Å². The molecule has 2 saturated carbocycles. The van der Waals surface area contributed by atoms with E-state index >= 15 is 4.39 Å². The van der Waals surface area contributed by atoms with Gasteiger partial charge in [0.2, 0.25) is 0 Å². The number of halogens is 1. The summed E-state index contributed by atoms with van der Waals surface area (Å²) in [6.07, 6.45) is -9.95. The molecular weight excluding hydrogens is 563 g/mol. The highest BCUT2D eigenvalue weighted by molar-refractivity contribution is 5.95.